The SMILES string of the molecule is CN([C@H](c1ccc(Cl)cc1Cl)C(F)(F)C(=O)O)S(=O)C(C)(C)C. The van der Waals surface area contributed by atoms with Crippen molar-refractivity contribution in [1.82, 2.24) is 4.31 Å². The van der Waals surface area contributed by atoms with Crippen molar-refractivity contribution in [2.75, 3.05) is 7.05 Å². The summed E-state index contributed by atoms with van der Waals surface area (Å²) in [6.07, 6.45) is 0. The molecule has 0 aromatic heterocycles. The van der Waals surface area contributed by atoms with E-state index >= 15 is 0 Å². The number of benzene rings is 1. The largest absolute Gasteiger partial charge is 0.477 e. The molecule has 2 atom stereocenters. The number of carboxylic acids is 1. The molecular weight excluding hydrogens is 371 g/mol. The van der Waals surface area contributed by atoms with Crippen molar-refractivity contribution in [3.63, 3.8) is 0 Å². The van der Waals surface area contributed by atoms with E-state index in [2.05, 4.69) is 0 Å². The van der Waals surface area contributed by atoms with Gasteiger partial charge in [-0.15, -0.1) is 0 Å². The lowest BCUT2D eigenvalue weighted by atomic mass is 10.0. The molecule has 0 saturated heterocycles. The molecule has 0 saturated carbocycles. The van der Waals surface area contributed by atoms with Crippen LogP contribution in [0.2, 0.25) is 10.0 Å². The fourth-order valence-corrected chi connectivity index (χ4v) is 3.80. The van der Waals surface area contributed by atoms with Crippen molar-refractivity contribution in [1.29, 1.82) is 0 Å². The third-order valence-corrected chi connectivity index (χ3v) is 5.38. The summed E-state index contributed by atoms with van der Waals surface area (Å²) in [6.45, 7) is 4.79. The molecule has 0 aliphatic rings. The highest BCUT2D eigenvalue weighted by molar-refractivity contribution is 7.84. The molecule has 1 unspecified atom stereocenters. The Morgan fingerprint density at radius 2 is 1.83 bits per heavy atom. The van der Waals surface area contributed by atoms with Gasteiger partial charge in [0.25, 0.3) is 0 Å². The molecule has 0 bridgehead atoms. The van der Waals surface area contributed by atoms with Crippen LogP contribution < -0.4 is 0 Å². The number of carboxylic acid groups (broad SMARTS) is 1. The van der Waals surface area contributed by atoms with Crippen molar-refractivity contribution in [2.45, 2.75) is 37.5 Å². The van der Waals surface area contributed by atoms with Gasteiger partial charge in [-0.05, 0) is 38.5 Å². The lowest BCUT2D eigenvalue weighted by Crippen LogP contribution is -2.48. The van der Waals surface area contributed by atoms with Crippen molar-refractivity contribution in [2.24, 2.45) is 0 Å². The normalized spacial score (nSPS) is 15.5. The summed E-state index contributed by atoms with van der Waals surface area (Å²) in [6, 6.07) is 1.76. The van der Waals surface area contributed by atoms with E-state index in [9.17, 15) is 17.8 Å². The van der Waals surface area contributed by atoms with Gasteiger partial charge in [0.1, 0.15) is 17.0 Å². The molecule has 0 amide bonds. The van der Waals surface area contributed by atoms with Crippen LogP contribution in [0.4, 0.5) is 8.78 Å². The van der Waals surface area contributed by atoms with Gasteiger partial charge < -0.3 is 5.11 Å². The zero-order chi connectivity index (χ0) is 18.2. The Labute approximate surface area is 146 Å². The molecule has 0 spiro atoms. The van der Waals surface area contributed by atoms with Gasteiger partial charge in [0.05, 0.1) is 4.75 Å². The first-order chi connectivity index (χ1) is 10.3. The smallest absolute Gasteiger partial charge is 0.376 e. The van der Waals surface area contributed by atoms with Crippen LogP contribution in [0.25, 0.3) is 0 Å². The van der Waals surface area contributed by atoms with Gasteiger partial charge in [-0.2, -0.15) is 8.78 Å². The molecule has 1 rings (SSSR count). The van der Waals surface area contributed by atoms with Crippen LogP contribution in [0.1, 0.15) is 32.4 Å². The van der Waals surface area contributed by atoms with E-state index < -0.39 is 33.7 Å². The third kappa shape index (κ3) is 4.41. The van der Waals surface area contributed by atoms with Crippen LogP contribution in [-0.4, -0.2) is 37.3 Å². The lowest BCUT2D eigenvalue weighted by molar-refractivity contribution is -0.172. The average molecular weight is 388 g/mol. The predicted octanol–water partition coefficient (Wildman–Crippen LogP) is 4.15. The maximum Gasteiger partial charge on any atom is 0.376 e. The van der Waals surface area contributed by atoms with Crippen molar-refractivity contribution < 1.29 is 22.9 Å². The molecule has 0 heterocycles. The summed E-state index contributed by atoms with van der Waals surface area (Å²) in [4.78, 5) is 11.0. The summed E-state index contributed by atoms with van der Waals surface area (Å²) in [5, 5.41) is 9.00. The second kappa shape index (κ2) is 7.01. The van der Waals surface area contributed by atoms with E-state index in [-0.39, 0.29) is 15.6 Å². The van der Waals surface area contributed by atoms with E-state index in [1.807, 2.05) is 0 Å². The number of nitrogens with zero attached hydrogens (tertiary/aromatic N) is 1. The first-order valence-corrected chi connectivity index (χ1v) is 8.37. The quantitative estimate of drug-likeness (QED) is 0.825. The standard InChI is InChI=1S/C14H17Cl2F2NO3S/c1-13(2,3)23(22)19(4)11(14(17,18)12(20)21)9-6-5-8(15)7-10(9)16/h5-7,11H,1-4H3,(H,20,21)/t11-,23?/m1/s1. The lowest BCUT2D eigenvalue weighted by Gasteiger charge is -2.35. The minimum atomic E-state index is -4.20. The highest BCUT2D eigenvalue weighted by Gasteiger charge is 2.53. The van der Waals surface area contributed by atoms with Gasteiger partial charge in [-0.3, -0.25) is 0 Å². The molecule has 1 aromatic rings. The topological polar surface area (TPSA) is 57.6 Å². The summed E-state index contributed by atoms with van der Waals surface area (Å²) in [5.41, 5.74) is -0.163. The van der Waals surface area contributed by atoms with Gasteiger partial charge in [-0.25, -0.2) is 13.3 Å². The summed E-state index contributed by atoms with van der Waals surface area (Å²) in [7, 11) is -0.716. The zero-order valence-electron chi connectivity index (χ0n) is 12.9. The Kier molecular flexibility index (Phi) is 6.18. The molecule has 0 fully saturated rings. The molecule has 1 aromatic carbocycles. The Hall–Kier alpha value is -0.760. The third-order valence-electron chi connectivity index (χ3n) is 3.03. The first-order valence-electron chi connectivity index (χ1n) is 6.51. The molecule has 0 radical (unpaired) electrons. The Morgan fingerprint density at radius 1 is 1.30 bits per heavy atom. The second-order valence-electron chi connectivity index (χ2n) is 5.90. The van der Waals surface area contributed by atoms with Gasteiger partial charge in [0.2, 0.25) is 0 Å². The monoisotopic (exact) mass is 387 g/mol. The van der Waals surface area contributed by atoms with Crippen LogP contribution in [0, 0.1) is 0 Å². The molecule has 1 N–H and O–H groups in total. The number of rotatable bonds is 5. The number of aliphatic carboxylic acids is 1. The first kappa shape index (κ1) is 20.3. The molecule has 9 heteroatoms. The van der Waals surface area contributed by atoms with Crippen LogP contribution in [0.3, 0.4) is 0 Å². The molecule has 130 valence electrons. The Morgan fingerprint density at radius 3 is 2.22 bits per heavy atom. The van der Waals surface area contributed by atoms with E-state index in [1.165, 1.54) is 25.2 Å². The number of halogens is 4. The van der Waals surface area contributed by atoms with E-state index in [0.29, 0.717) is 0 Å². The summed E-state index contributed by atoms with van der Waals surface area (Å²) >= 11 is 11.7. The second-order valence-corrected chi connectivity index (χ2v) is 9.05. The molecule has 23 heavy (non-hydrogen) atoms. The van der Waals surface area contributed by atoms with Gasteiger partial charge in [0, 0.05) is 17.1 Å². The van der Waals surface area contributed by atoms with Crippen LogP contribution in [0.5, 0.6) is 0 Å². The maximum atomic E-state index is 14.3. The number of alkyl halides is 2. The summed E-state index contributed by atoms with van der Waals surface area (Å²) < 4.78 is 41.0. The van der Waals surface area contributed by atoms with Gasteiger partial charge in [-0.1, -0.05) is 29.3 Å². The minimum Gasteiger partial charge on any atom is -0.477 e. The van der Waals surface area contributed by atoms with Crippen LogP contribution in [-0.2, 0) is 15.8 Å². The highest BCUT2D eigenvalue weighted by atomic mass is 35.5. The number of hydrogen-bond acceptors (Lipinski definition) is 2. The van der Waals surface area contributed by atoms with E-state index in [1.54, 1.807) is 20.8 Å². The van der Waals surface area contributed by atoms with E-state index in [0.717, 1.165) is 4.31 Å². The van der Waals surface area contributed by atoms with Crippen molar-refractivity contribution >= 4 is 40.2 Å². The molecule has 0 aliphatic carbocycles. The van der Waals surface area contributed by atoms with Crippen LogP contribution in [0.15, 0.2) is 18.2 Å². The minimum absolute atomic E-state index is 0.124. The van der Waals surface area contributed by atoms with Crippen LogP contribution >= 0.6 is 23.2 Å². The fourth-order valence-electron chi connectivity index (χ4n) is 1.99. The van der Waals surface area contributed by atoms with E-state index in [4.69, 9.17) is 28.3 Å². The molecular formula is C14H17Cl2F2NO3S. The Balaban J connectivity index is 3.51. The average Bonchev–Trinajstić information content (AvgIpc) is 2.39. The number of hydrogen-bond donors (Lipinski definition) is 1. The molecule has 0 aliphatic heterocycles. The van der Waals surface area contributed by atoms with Crippen molar-refractivity contribution in [3.8, 4) is 0 Å². The zero-order valence-corrected chi connectivity index (χ0v) is 15.3. The van der Waals surface area contributed by atoms with Gasteiger partial charge >= 0.3 is 11.9 Å². The van der Waals surface area contributed by atoms with Gasteiger partial charge in [0.15, 0.2) is 0 Å². The Bertz CT molecular complexity index is 635. The highest BCUT2D eigenvalue weighted by Crippen LogP contribution is 2.41. The predicted molar refractivity (Wildman–Crippen MR) is 87.4 cm³/mol. The number of carbonyl (C=O) groups is 1. The molecule has 4 nitrogen and oxygen atoms in total. The fraction of sp³-hybridized carbons (Fsp3) is 0.500. The van der Waals surface area contributed by atoms with Crippen molar-refractivity contribution in [3.05, 3.63) is 33.8 Å². The maximum absolute atomic E-state index is 14.3. The summed E-state index contributed by atoms with van der Waals surface area (Å²) in [5.74, 6) is -6.53.